The molecule has 0 aliphatic carbocycles. The van der Waals surface area contributed by atoms with Crippen LogP contribution in [0.15, 0.2) is 157 Å². The van der Waals surface area contributed by atoms with Gasteiger partial charge in [0.25, 0.3) is 0 Å². The number of ketones is 4. The molecule has 4 heterocycles. The summed E-state index contributed by atoms with van der Waals surface area (Å²) in [4.78, 5) is 62.3. The number of carbonyl (C=O) groups is 4. The zero-order valence-corrected chi connectivity index (χ0v) is 36.9. The van der Waals surface area contributed by atoms with Crippen molar-refractivity contribution in [3.63, 3.8) is 0 Å². The van der Waals surface area contributed by atoms with Crippen molar-refractivity contribution in [2.75, 3.05) is 0 Å². The van der Waals surface area contributed by atoms with Gasteiger partial charge in [-0.05, 0) is 76.3 Å². The van der Waals surface area contributed by atoms with Crippen molar-refractivity contribution in [1.29, 1.82) is 0 Å². The van der Waals surface area contributed by atoms with Gasteiger partial charge in [-0.25, -0.2) is 9.97 Å². The molecule has 14 nitrogen and oxygen atoms in total. The van der Waals surface area contributed by atoms with E-state index in [1.165, 1.54) is 55.4 Å². The van der Waals surface area contributed by atoms with E-state index in [1.807, 2.05) is 72.8 Å². The second-order valence-electron chi connectivity index (χ2n) is 10.9. The molecule has 0 bridgehead atoms. The first-order valence-electron chi connectivity index (χ1n) is 16.7. The molecule has 0 fully saturated rings. The van der Waals surface area contributed by atoms with Gasteiger partial charge in [0.05, 0.1) is 0 Å². The fourth-order valence-electron chi connectivity index (χ4n) is 3.35. The van der Waals surface area contributed by atoms with Gasteiger partial charge < -0.3 is 30.4 Å². The summed E-state index contributed by atoms with van der Waals surface area (Å²) in [5.41, 5.74) is 1.75. The molecule has 4 aromatic heterocycles. The molecule has 2 N–H and O–H groups in total. The molecule has 0 aliphatic heterocycles. The van der Waals surface area contributed by atoms with E-state index >= 15 is 0 Å². The van der Waals surface area contributed by atoms with Crippen LogP contribution in [0.3, 0.4) is 0 Å². The Hall–Kier alpha value is -5.97. The van der Waals surface area contributed by atoms with E-state index < -0.39 is 0 Å². The molecule has 5 aromatic rings. The van der Waals surface area contributed by atoms with E-state index in [9.17, 15) is 39.6 Å². The monoisotopic (exact) mass is 968 g/mol. The van der Waals surface area contributed by atoms with E-state index in [2.05, 4.69) is 29.9 Å². The average molecular weight is 967 g/mol. The number of aromatic amines is 2. The predicted octanol–water partition coefficient (Wildman–Crippen LogP) is 3.98. The van der Waals surface area contributed by atoms with Gasteiger partial charge >= 0.3 is 39.0 Å². The van der Waals surface area contributed by atoms with Crippen molar-refractivity contribution in [3.05, 3.63) is 157 Å². The van der Waals surface area contributed by atoms with E-state index in [0.29, 0.717) is 0 Å². The number of aromatic nitrogens is 6. The third kappa shape index (κ3) is 41.2. The smallest absolute Gasteiger partial charge is 0.876 e. The maximum atomic E-state index is 9.98. The summed E-state index contributed by atoms with van der Waals surface area (Å²) in [6.45, 7) is 10.8. The van der Waals surface area contributed by atoms with Crippen LogP contribution in [0, 0.1) is 0 Å². The number of rotatable bonds is 6. The summed E-state index contributed by atoms with van der Waals surface area (Å²) in [6.07, 6.45) is 14.7. The number of allylic oxidation sites excluding steroid dienone is 8. The van der Waals surface area contributed by atoms with Crippen molar-refractivity contribution in [3.8, 4) is 23.0 Å². The van der Waals surface area contributed by atoms with Crippen molar-refractivity contribution in [2.45, 2.75) is 55.4 Å². The molecule has 0 spiro atoms. The fourth-order valence-corrected chi connectivity index (χ4v) is 3.35. The summed E-state index contributed by atoms with van der Waals surface area (Å²) in [5, 5.41) is 39.9. The van der Waals surface area contributed by atoms with Crippen LogP contribution in [0.4, 0.5) is 0 Å². The van der Waals surface area contributed by atoms with Crippen molar-refractivity contribution >= 4 is 23.1 Å². The van der Waals surface area contributed by atoms with Crippen LogP contribution in [-0.4, -0.2) is 53.0 Å². The number of nitrogens with one attached hydrogen (secondary N) is 2. The first-order valence-corrected chi connectivity index (χ1v) is 16.7. The molecule has 58 heavy (non-hydrogen) atoms. The molecule has 0 unspecified atom stereocenters. The van der Waals surface area contributed by atoms with Gasteiger partial charge in [0.1, 0.15) is 11.4 Å². The minimum absolute atomic E-state index is 0. The Balaban J connectivity index is -0.000000296. The number of hydrogen-bond acceptors (Lipinski definition) is 12. The molecule has 0 saturated carbocycles. The molecule has 0 amide bonds. The first kappa shape index (κ1) is 58.7. The summed E-state index contributed by atoms with van der Waals surface area (Å²) in [7, 11) is 0. The van der Waals surface area contributed by atoms with Crippen LogP contribution in [0.1, 0.15) is 55.4 Å². The van der Waals surface area contributed by atoms with Gasteiger partial charge in [0.2, 0.25) is 0 Å². The van der Waals surface area contributed by atoms with Crippen LogP contribution in [0.25, 0.3) is 23.0 Å². The molecule has 0 saturated heterocycles. The summed E-state index contributed by atoms with van der Waals surface area (Å²) in [6, 6.07) is 23.5. The molecule has 1 aromatic carbocycles. The van der Waals surface area contributed by atoms with Gasteiger partial charge in [0.15, 0.2) is 34.8 Å². The first-order chi connectivity index (χ1) is 26.4. The number of H-pyrrole nitrogens is 2. The Morgan fingerprint density at radius 3 is 0.810 bits per heavy atom. The van der Waals surface area contributed by atoms with Gasteiger partial charge in [-0.3, -0.25) is 29.1 Å². The molecule has 16 heteroatoms. The minimum atomic E-state index is -0.187. The van der Waals surface area contributed by atoms with Gasteiger partial charge in [-0.1, -0.05) is 76.2 Å². The van der Waals surface area contributed by atoms with E-state index in [4.69, 9.17) is 0 Å². The number of carbonyl (C=O) groups excluding carboxylic acids is 4. The summed E-state index contributed by atoms with van der Waals surface area (Å²) in [5.74, 6) is 0.121. The van der Waals surface area contributed by atoms with Crippen molar-refractivity contribution < 1.29 is 78.6 Å². The topological polar surface area (TPSA) is 244 Å². The molecule has 0 aliphatic rings. The quantitative estimate of drug-likeness (QED) is 0.140. The maximum Gasteiger partial charge on any atom is 2.00 e. The molecule has 310 valence electrons. The van der Waals surface area contributed by atoms with Crippen molar-refractivity contribution in [1.82, 2.24) is 29.9 Å². The second kappa shape index (κ2) is 37.9. The third-order valence-electron chi connectivity index (χ3n) is 5.10. The molecule has 0 radical (unpaired) electrons. The zero-order valence-electron chi connectivity index (χ0n) is 33.5. The Morgan fingerprint density at radius 2 is 0.672 bits per heavy atom. The standard InChI is InChI=1S/2C8H7N3.C6H6.4C5H8O2.2Ru/c2*1-2-4-9-7(3-1)8-10-5-6-11-8;1-2-4-6-5-3-1;4*1-4(6)3-5(2)7;;/h2*1-6H,(H,10,11);1-6H;4*3,6H,1-2H3;;/q;;;;;;;2*+2/p-4/b;;;4*4-3-;;. The van der Waals surface area contributed by atoms with Gasteiger partial charge in [0, 0.05) is 37.2 Å². The number of benzene rings is 1. The van der Waals surface area contributed by atoms with Crippen LogP contribution in [-0.2, 0) is 58.1 Å². The number of pyridine rings is 2. The SMILES string of the molecule is CC(=O)/C=C(/C)[O-].CC(=O)/C=C(/C)[O-].CC(=O)/C=C(/C)[O-].CC(=O)/C=C(/C)[O-].[Ru+2].[Ru+2].c1ccc(-c2ncc[nH]2)nc1.c1ccc(-c2ncc[nH]2)nc1.c1ccccc1. The largest absolute Gasteiger partial charge is 2.00 e. The Morgan fingerprint density at radius 1 is 0.414 bits per heavy atom. The normalized spacial score (nSPS) is 10.1. The Labute approximate surface area is 365 Å². The minimum Gasteiger partial charge on any atom is -0.876 e. The van der Waals surface area contributed by atoms with Crippen molar-refractivity contribution in [2.24, 2.45) is 0 Å². The number of imidazole rings is 2. The van der Waals surface area contributed by atoms with E-state index in [1.54, 1.807) is 37.2 Å². The van der Waals surface area contributed by atoms with Crippen LogP contribution in [0.5, 0.6) is 0 Å². The van der Waals surface area contributed by atoms with E-state index in [-0.39, 0.29) is 85.1 Å². The second-order valence-corrected chi connectivity index (χ2v) is 10.9. The predicted molar refractivity (Wildman–Crippen MR) is 208 cm³/mol. The van der Waals surface area contributed by atoms with Crippen LogP contribution < -0.4 is 20.4 Å². The summed E-state index contributed by atoms with van der Waals surface area (Å²) >= 11 is 0. The van der Waals surface area contributed by atoms with Crippen LogP contribution in [0.2, 0.25) is 0 Å². The summed E-state index contributed by atoms with van der Waals surface area (Å²) < 4.78 is 0. The van der Waals surface area contributed by atoms with Gasteiger partial charge in [-0.15, -0.1) is 23.0 Å². The Kier molecular flexibility index (Phi) is 38.4. The van der Waals surface area contributed by atoms with Crippen LogP contribution >= 0.6 is 0 Å². The fraction of sp³-hybridized carbons (Fsp3) is 0.190. The zero-order chi connectivity index (χ0) is 42.7. The van der Waals surface area contributed by atoms with Gasteiger partial charge in [-0.2, -0.15) is 0 Å². The maximum absolute atomic E-state index is 9.98. The Bertz CT molecular complexity index is 1690. The average Bonchev–Trinajstić information content (AvgIpc) is 3.85. The third-order valence-corrected chi connectivity index (χ3v) is 5.10. The number of hydrogen-bond donors (Lipinski definition) is 2. The molecule has 0 atom stereocenters. The molecule has 5 rings (SSSR count). The molecular formula is C42H48N6O8Ru2. The van der Waals surface area contributed by atoms with E-state index in [0.717, 1.165) is 47.3 Å². The molecular weight excluding hydrogens is 919 g/mol. The number of nitrogens with zero attached hydrogens (tertiary/aromatic N) is 4.